The van der Waals surface area contributed by atoms with E-state index in [2.05, 4.69) is 5.32 Å². The Bertz CT molecular complexity index is 861. The molecule has 27 heavy (non-hydrogen) atoms. The standard InChI is InChI=1S/C20H22N2O5/c1-3-26-20(25)17(22-13(2)23)10-14-8-9-18(24)19(11-14)27-12-15-6-4-5-7-16(15)21/h4-11,24H,3,12,21H2,1-2H3,(H,22,23)/b17-10-. The summed E-state index contributed by atoms with van der Waals surface area (Å²) in [5.74, 6) is -0.888. The number of phenolic OH excluding ortho intramolecular Hbond substituents is 1. The summed E-state index contributed by atoms with van der Waals surface area (Å²) in [4.78, 5) is 23.3. The number of aromatic hydroxyl groups is 1. The van der Waals surface area contributed by atoms with Crippen molar-refractivity contribution in [3.63, 3.8) is 0 Å². The monoisotopic (exact) mass is 370 g/mol. The van der Waals surface area contributed by atoms with Crippen LogP contribution in [-0.4, -0.2) is 23.6 Å². The Morgan fingerprint density at radius 2 is 1.96 bits per heavy atom. The number of carbonyl (C=O) groups is 2. The molecule has 0 bridgehead atoms. The number of hydrogen-bond acceptors (Lipinski definition) is 6. The number of rotatable bonds is 7. The molecule has 0 aliphatic rings. The van der Waals surface area contributed by atoms with Crippen molar-refractivity contribution in [2.45, 2.75) is 20.5 Å². The lowest BCUT2D eigenvalue weighted by molar-refractivity contribution is -0.139. The van der Waals surface area contributed by atoms with Crippen LogP contribution in [0.25, 0.3) is 6.08 Å². The van der Waals surface area contributed by atoms with E-state index < -0.39 is 11.9 Å². The van der Waals surface area contributed by atoms with Crippen LogP contribution in [0, 0.1) is 0 Å². The van der Waals surface area contributed by atoms with Crippen molar-refractivity contribution in [2.75, 3.05) is 12.3 Å². The third-order valence-electron chi connectivity index (χ3n) is 3.54. The van der Waals surface area contributed by atoms with E-state index in [1.54, 1.807) is 25.1 Å². The molecule has 0 saturated heterocycles. The summed E-state index contributed by atoms with van der Waals surface area (Å²) in [5, 5.41) is 12.5. The first-order valence-electron chi connectivity index (χ1n) is 8.36. The molecule has 0 heterocycles. The lowest BCUT2D eigenvalue weighted by Crippen LogP contribution is -2.26. The Labute approximate surface area is 157 Å². The summed E-state index contributed by atoms with van der Waals surface area (Å²) in [5.41, 5.74) is 7.79. The summed E-state index contributed by atoms with van der Waals surface area (Å²) in [6.45, 7) is 3.32. The fourth-order valence-electron chi connectivity index (χ4n) is 2.27. The molecule has 0 atom stereocenters. The molecule has 0 aliphatic heterocycles. The van der Waals surface area contributed by atoms with Gasteiger partial charge in [-0.25, -0.2) is 4.79 Å². The van der Waals surface area contributed by atoms with Crippen molar-refractivity contribution < 1.29 is 24.2 Å². The minimum absolute atomic E-state index is 0.00621. The summed E-state index contributed by atoms with van der Waals surface area (Å²) in [7, 11) is 0. The van der Waals surface area contributed by atoms with Gasteiger partial charge in [0.15, 0.2) is 11.5 Å². The van der Waals surface area contributed by atoms with Gasteiger partial charge in [0.1, 0.15) is 12.3 Å². The van der Waals surface area contributed by atoms with Crippen molar-refractivity contribution in [1.29, 1.82) is 0 Å². The predicted octanol–water partition coefficient (Wildman–Crippen LogP) is 2.59. The zero-order chi connectivity index (χ0) is 19.8. The topological polar surface area (TPSA) is 111 Å². The number of phenols is 1. The van der Waals surface area contributed by atoms with Gasteiger partial charge < -0.3 is 25.6 Å². The van der Waals surface area contributed by atoms with E-state index in [-0.39, 0.29) is 30.4 Å². The second-order valence-corrected chi connectivity index (χ2v) is 5.67. The highest BCUT2D eigenvalue weighted by Crippen LogP contribution is 2.29. The first-order valence-corrected chi connectivity index (χ1v) is 8.36. The Balaban J connectivity index is 2.24. The quantitative estimate of drug-likeness (QED) is 0.392. The van der Waals surface area contributed by atoms with Crippen LogP contribution < -0.4 is 15.8 Å². The van der Waals surface area contributed by atoms with Crippen molar-refractivity contribution in [2.24, 2.45) is 0 Å². The smallest absolute Gasteiger partial charge is 0.354 e. The predicted molar refractivity (Wildman–Crippen MR) is 102 cm³/mol. The fourth-order valence-corrected chi connectivity index (χ4v) is 2.27. The van der Waals surface area contributed by atoms with Gasteiger partial charge in [-0.3, -0.25) is 4.79 Å². The fraction of sp³-hybridized carbons (Fsp3) is 0.200. The van der Waals surface area contributed by atoms with Crippen LogP contribution in [0.4, 0.5) is 5.69 Å². The van der Waals surface area contributed by atoms with E-state index in [9.17, 15) is 14.7 Å². The average Bonchev–Trinajstić information content (AvgIpc) is 2.62. The van der Waals surface area contributed by atoms with Crippen molar-refractivity contribution >= 4 is 23.6 Å². The summed E-state index contributed by atoms with van der Waals surface area (Å²) < 4.78 is 10.6. The molecule has 0 aliphatic carbocycles. The first-order chi connectivity index (χ1) is 12.9. The minimum atomic E-state index is -0.652. The Morgan fingerprint density at radius 3 is 2.63 bits per heavy atom. The summed E-state index contributed by atoms with van der Waals surface area (Å²) >= 11 is 0. The van der Waals surface area contributed by atoms with Crippen LogP contribution in [0.2, 0.25) is 0 Å². The molecular formula is C20H22N2O5. The van der Waals surface area contributed by atoms with Crippen LogP contribution in [0.1, 0.15) is 25.0 Å². The molecule has 1 amide bonds. The number of amides is 1. The SMILES string of the molecule is CCOC(=O)/C(=C/c1ccc(O)c(OCc2ccccc2N)c1)NC(C)=O. The van der Waals surface area contributed by atoms with Crippen LogP contribution in [0.3, 0.4) is 0 Å². The maximum absolute atomic E-state index is 12.0. The van der Waals surface area contributed by atoms with E-state index in [1.165, 1.54) is 19.1 Å². The van der Waals surface area contributed by atoms with Gasteiger partial charge in [0.25, 0.3) is 0 Å². The number of nitrogens with one attached hydrogen (secondary N) is 1. The van der Waals surface area contributed by atoms with Crippen molar-refractivity contribution in [3.8, 4) is 11.5 Å². The van der Waals surface area contributed by atoms with E-state index in [0.29, 0.717) is 11.3 Å². The van der Waals surface area contributed by atoms with Crippen LogP contribution >= 0.6 is 0 Å². The number of benzene rings is 2. The van der Waals surface area contributed by atoms with Gasteiger partial charge in [0.2, 0.25) is 5.91 Å². The van der Waals surface area contributed by atoms with Gasteiger partial charge in [-0.1, -0.05) is 24.3 Å². The van der Waals surface area contributed by atoms with E-state index >= 15 is 0 Å². The second kappa shape index (κ2) is 9.28. The molecular weight excluding hydrogens is 348 g/mol. The largest absolute Gasteiger partial charge is 0.504 e. The molecule has 4 N–H and O–H groups in total. The number of para-hydroxylation sites is 1. The molecule has 0 radical (unpaired) electrons. The van der Waals surface area contributed by atoms with Gasteiger partial charge in [0, 0.05) is 18.2 Å². The van der Waals surface area contributed by atoms with Gasteiger partial charge in [-0.2, -0.15) is 0 Å². The number of nitrogens with two attached hydrogens (primary N) is 1. The third-order valence-corrected chi connectivity index (χ3v) is 3.54. The van der Waals surface area contributed by atoms with E-state index in [1.807, 2.05) is 18.2 Å². The highest BCUT2D eigenvalue weighted by molar-refractivity contribution is 5.97. The van der Waals surface area contributed by atoms with Gasteiger partial charge in [-0.05, 0) is 36.8 Å². The molecule has 0 fully saturated rings. The van der Waals surface area contributed by atoms with Gasteiger partial charge >= 0.3 is 5.97 Å². The number of anilines is 1. The van der Waals surface area contributed by atoms with Crippen molar-refractivity contribution in [1.82, 2.24) is 5.32 Å². The average molecular weight is 370 g/mol. The molecule has 2 aromatic carbocycles. The number of carbonyl (C=O) groups excluding carboxylic acids is 2. The van der Waals surface area contributed by atoms with Crippen molar-refractivity contribution in [3.05, 3.63) is 59.3 Å². The Morgan fingerprint density at radius 1 is 1.22 bits per heavy atom. The number of ether oxygens (including phenoxy) is 2. The minimum Gasteiger partial charge on any atom is -0.504 e. The maximum Gasteiger partial charge on any atom is 0.354 e. The third kappa shape index (κ3) is 5.78. The van der Waals surface area contributed by atoms with Crippen LogP contribution in [0.15, 0.2) is 48.2 Å². The van der Waals surface area contributed by atoms with E-state index in [0.717, 1.165) is 5.56 Å². The summed E-state index contributed by atoms with van der Waals surface area (Å²) in [6, 6.07) is 11.8. The molecule has 7 nitrogen and oxygen atoms in total. The molecule has 142 valence electrons. The Kier molecular flexibility index (Phi) is 6.82. The Hall–Kier alpha value is -3.48. The van der Waals surface area contributed by atoms with E-state index in [4.69, 9.17) is 15.2 Å². The lowest BCUT2D eigenvalue weighted by Gasteiger charge is -2.11. The van der Waals surface area contributed by atoms with Crippen LogP contribution in [-0.2, 0) is 20.9 Å². The molecule has 0 saturated carbocycles. The highest BCUT2D eigenvalue weighted by Gasteiger charge is 2.13. The second-order valence-electron chi connectivity index (χ2n) is 5.67. The first kappa shape index (κ1) is 19.8. The van der Waals surface area contributed by atoms with Gasteiger partial charge in [-0.15, -0.1) is 0 Å². The molecule has 7 heteroatoms. The summed E-state index contributed by atoms with van der Waals surface area (Å²) in [6.07, 6.45) is 1.45. The van der Waals surface area contributed by atoms with Crippen LogP contribution in [0.5, 0.6) is 11.5 Å². The van der Waals surface area contributed by atoms with Gasteiger partial charge in [0.05, 0.1) is 6.61 Å². The number of hydrogen-bond donors (Lipinski definition) is 3. The molecule has 2 rings (SSSR count). The maximum atomic E-state index is 12.0. The molecule has 2 aromatic rings. The highest BCUT2D eigenvalue weighted by atomic mass is 16.5. The lowest BCUT2D eigenvalue weighted by atomic mass is 10.1. The number of esters is 1. The molecule has 0 spiro atoms. The molecule has 0 unspecified atom stereocenters. The number of nitrogen functional groups attached to an aromatic ring is 1. The zero-order valence-electron chi connectivity index (χ0n) is 15.2. The molecule has 0 aromatic heterocycles. The zero-order valence-corrected chi connectivity index (χ0v) is 15.2. The normalized spacial score (nSPS) is 11.0.